The molecule has 1 saturated heterocycles. The van der Waals surface area contributed by atoms with E-state index in [1.807, 2.05) is 5.38 Å². The zero-order valence-corrected chi connectivity index (χ0v) is 12.5. The third kappa shape index (κ3) is 3.18. The number of nitrogens with zero attached hydrogens (tertiary/aromatic N) is 1. The van der Waals surface area contributed by atoms with Crippen LogP contribution in [0.4, 0.5) is 0 Å². The largest absolute Gasteiger partial charge is 0.314 e. The van der Waals surface area contributed by atoms with Gasteiger partial charge in [0.15, 0.2) is 0 Å². The summed E-state index contributed by atoms with van der Waals surface area (Å²) in [5.74, 6) is 0.635. The molecule has 106 valence electrons. The van der Waals surface area contributed by atoms with Gasteiger partial charge in [-0.3, -0.25) is 0 Å². The van der Waals surface area contributed by atoms with Crippen molar-refractivity contribution >= 4 is 21.4 Å². The molecule has 0 unspecified atom stereocenters. The van der Waals surface area contributed by atoms with Gasteiger partial charge in [-0.1, -0.05) is 6.07 Å². The lowest BCUT2D eigenvalue weighted by molar-refractivity contribution is 0.267. The van der Waals surface area contributed by atoms with Crippen LogP contribution in [0.5, 0.6) is 0 Å². The molecule has 1 N–H and O–H groups in total. The molecule has 1 aromatic rings. The first-order valence-corrected chi connectivity index (χ1v) is 9.25. The number of sulfonamides is 1. The van der Waals surface area contributed by atoms with Gasteiger partial charge in [0.2, 0.25) is 0 Å². The van der Waals surface area contributed by atoms with Crippen molar-refractivity contribution in [2.75, 3.05) is 19.6 Å². The van der Waals surface area contributed by atoms with Crippen LogP contribution in [0, 0.1) is 5.92 Å². The van der Waals surface area contributed by atoms with E-state index in [0.717, 1.165) is 25.4 Å². The quantitative estimate of drug-likeness (QED) is 0.903. The summed E-state index contributed by atoms with van der Waals surface area (Å²) in [6.45, 7) is 2.38. The smallest absolute Gasteiger partial charge is 0.252 e. The van der Waals surface area contributed by atoms with Crippen molar-refractivity contribution < 1.29 is 8.42 Å². The summed E-state index contributed by atoms with van der Waals surface area (Å²) in [7, 11) is -3.23. The highest BCUT2D eigenvalue weighted by Gasteiger charge is 2.30. The van der Waals surface area contributed by atoms with Crippen molar-refractivity contribution in [2.45, 2.75) is 35.9 Å². The van der Waals surface area contributed by atoms with Crippen LogP contribution >= 0.6 is 11.3 Å². The lowest BCUT2D eigenvalue weighted by atomic mass is 9.98. The molecule has 0 amide bonds. The zero-order valence-electron chi connectivity index (χ0n) is 10.9. The van der Waals surface area contributed by atoms with Crippen molar-refractivity contribution in [3.05, 3.63) is 17.5 Å². The maximum Gasteiger partial charge on any atom is 0.252 e. The topological polar surface area (TPSA) is 49.4 Å². The molecule has 0 aromatic carbocycles. The molecule has 2 aliphatic rings. The third-order valence-corrected chi connectivity index (χ3v) is 7.21. The Morgan fingerprint density at radius 2 is 2.00 bits per heavy atom. The zero-order chi connectivity index (χ0) is 13.3. The molecule has 3 rings (SSSR count). The number of nitrogens with one attached hydrogen (secondary N) is 1. The van der Waals surface area contributed by atoms with Crippen LogP contribution in [0.2, 0.25) is 0 Å². The lowest BCUT2D eigenvalue weighted by Crippen LogP contribution is -2.40. The van der Waals surface area contributed by atoms with E-state index in [2.05, 4.69) is 5.32 Å². The lowest BCUT2D eigenvalue weighted by Gasteiger charge is -2.31. The Labute approximate surface area is 118 Å². The van der Waals surface area contributed by atoms with Gasteiger partial charge in [-0.25, -0.2) is 8.42 Å². The fourth-order valence-corrected chi connectivity index (χ4v) is 5.13. The monoisotopic (exact) mass is 300 g/mol. The van der Waals surface area contributed by atoms with Crippen molar-refractivity contribution in [2.24, 2.45) is 5.92 Å². The first-order chi connectivity index (χ1) is 9.16. The second-order valence-corrected chi connectivity index (χ2v) is 8.57. The van der Waals surface area contributed by atoms with E-state index in [4.69, 9.17) is 0 Å². The van der Waals surface area contributed by atoms with Crippen LogP contribution in [0.15, 0.2) is 21.7 Å². The molecular weight excluding hydrogens is 280 g/mol. The third-order valence-electron chi connectivity index (χ3n) is 3.94. The molecule has 1 aliphatic heterocycles. The van der Waals surface area contributed by atoms with Gasteiger partial charge in [0.05, 0.1) is 0 Å². The molecule has 1 aliphatic carbocycles. The van der Waals surface area contributed by atoms with Gasteiger partial charge < -0.3 is 5.32 Å². The highest BCUT2D eigenvalue weighted by atomic mass is 32.2. The molecule has 6 heteroatoms. The number of piperidine rings is 1. The fraction of sp³-hybridized carbons (Fsp3) is 0.692. The summed E-state index contributed by atoms with van der Waals surface area (Å²) in [5.41, 5.74) is 0. The summed E-state index contributed by atoms with van der Waals surface area (Å²) >= 11 is 1.30. The number of rotatable bonds is 5. The Morgan fingerprint density at radius 1 is 1.26 bits per heavy atom. The Hall–Kier alpha value is -0.430. The summed E-state index contributed by atoms with van der Waals surface area (Å²) in [6, 6.07) is 4.23. The van der Waals surface area contributed by atoms with Crippen LogP contribution in [0.3, 0.4) is 0 Å². The number of thiophene rings is 1. The number of hydrogen-bond donors (Lipinski definition) is 1. The van der Waals surface area contributed by atoms with Crippen molar-refractivity contribution in [3.8, 4) is 0 Å². The molecule has 1 saturated carbocycles. The first kappa shape index (κ1) is 13.5. The molecule has 0 bridgehead atoms. The predicted molar refractivity (Wildman–Crippen MR) is 76.8 cm³/mol. The van der Waals surface area contributed by atoms with Crippen molar-refractivity contribution in [1.82, 2.24) is 9.62 Å². The number of hydrogen-bond acceptors (Lipinski definition) is 4. The minimum atomic E-state index is -3.23. The Balaban J connectivity index is 1.54. The predicted octanol–water partition coefficient (Wildman–Crippen LogP) is 1.90. The van der Waals surface area contributed by atoms with E-state index in [1.165, 1.54) is 24.2 Å². The minimum Gasteiger partial charge on any atom is -0.314 e. The summed E-state index contributed by atoms with van der Waals surface area (Å²) in [6.07, 6.45) is 4.58. The van der Waals surface area contributed by atoms with E-state index in [0.29, 0.717) is 23.2 Å². The van der Waals surface area contributed by atoms with Crippen LogP contribution in [-0.2, 0) is 10.0 Å². The summed E-state index contributed by atoms with van der Waals surface area (Å²) < 4.78 is 26.8. The van der Waals surface area contributed by atoms with Crippen LogP contribution in [-0.4, -0.2) is 38.4 Å². The van der Waals surface area contributed by atoms with Crippen molar-refractivity contribution in [3.63, 3.8) is 0 Å². The molecule has 0 radical (unpaired) electrons. The summed E-state index contributed by atoms with van der Waals surface area (Å²) in [4.78, 5) is 0. The van der Waals surface area contributed by atoms with E-state index in [1.54, 1.807) is 16.4 Å². The fourth-order valence-electron chi connectivity index (χ4n) is 2.51. The van der Waals surface area contributed by atoms with E-state index >= 15 is 0 Å². The Bertz CT molecular complexity index is 501. The van der Waals surface area contributed by atoms with Gasteiger partial charge >= 0.3 is 0 Å². The van der Waals surface area contributed by atoms with E-state index < -0.39 is 10.0 Å². The molecule has 2 heterocycles. The highest BCUT2D eigenvalue weighted by Crippen LogP contribution is 2.26. The van der Waals surface area contributed by atoms with E-state index in [-0.39, 0.29) is 0 Å². The molecule has 0 atom stereocenters. The van der Waals surface area contributed by atoms with Gasteiger partial charge in [-0.2, -0.15) is 4.31 Å². The molecule has 4 nitrogen and oxygen atoms in total. The Morgan fingerprint density at radius 3 is 2.58 bits per heavy atom. The Kier molecular flexibility index (Phi) is 3.93. The average Bonchev–Trinajstić information content (AvgIpc) is 3.07. The standard InChI is InChI=1S/C13H20N2O2S2/c16-19(17,13-2-1-9-18-13)15-7-5-11(6-8-15)10-14-12-3-4-12/h1-2,9,11-12,14H,3-8,10H2. The summed E-state index contributed by atoms with van der Waals surface area (Å²) in [5, 5.41) is 5.36. The SMILES string of the molecule is O=S(=O)(c1cccs1)N1CCC(CNC2CC2)CC1. The van der Waals surface area contributed by atoms with Gasteiger partial charge in [0.1, 0.15) is 4.21 Å². The minimum absolute atomic E-state index is 0.474. The molecule has 2 fully saturated rings. The molecule has 19 heavy (non-hydrogen) atoms. The van der Waals surface area contributed by atoms with Gasteiger partial charge in [-0.05, 0) is 49.6 Å². The first-order valence-electron chi connectivity index (χ1n) is 6.93. The maximum atomic E-state index is 12.4. The normalized spacial score (nSPS) is 22.7. The average molecular weight is 300 g/mol. The second kappa shape index (κ2) is 5.52. The van der Waals surface area contributed by atoms with Gasteiger partial charge in [0.25, 0.3) is 10.0 Å². The second-order valence-electron chi connectivity index (χ2n) is 5.46. The van der Waals surface area contributed by atoms with Crippen LogP contribution < -0.4 is 5.32 Å². The van der Waals surface area contributed by atoms with Crippen LogP contribution in [0.25, 0.3) is 0 Å². The van der Waals surface area contributed by atoms with E-state index in [9.17, 15) is 8.42 Å². The highest BCUT2D eigenvalue weighted by molar-refractivity contribution is 7.91. The van der Waals surface area contributed by atoms with Crippen molar-refractivity contribution in [1.29, 1.82) is 0 Å². The van der Waals surface area contributed by atoms with Crippen LogP contribution in [0.1, 0.15) is 25.7 Å². The molecule has 1 aromatic heterocycles. The maximum absolute atomic E-state index is 12.4. The van der Waals surface area contributed by atoms with Gasteiger partial charge in [0, 0.05) is 19.1 Å². The molecular formula is C13H20N2O2S2. The molecule has 0 spiro atoms. The van der Waals surface area contributed by atoms with Gasteiger partial charge in [-0.15, -0.1) is 11.3 Å².